The number of rotatable bonds is 9. The maximum Gasteiger partial charge on any atom is 0.258 e. The van der Waals surface area contributed by atoms with Crippen LogP contribution in [0.5, 0.6) is 5.75 Å². The number of ether oxygens (including phenoxy) is 1. The highest BCUT2D eigenvalue weighted by atomic mass is 35.5. The van der Waals surface area contributed by atoms with E-state index in [-0.39, 0.29) is 6.61 Å². The van der Waals surface area contributed by atoms with Crippen LogP contribution < -0.4 is 15.4 Å². The Kier molecular flexibility index (Phi) is 7.85. The number of para-hydroxylation sites is 1. The van der Waals surface area contributed by atoms with Crippen molar-refractivity contribution in [2.75, 3.05) is 11.9 Å². The molecule has 4 aromatic rings. The number of halogens is 1. The lowest BCUT2D eigenvalue weighted by atomic mass is 10.1. The third kappa shape index (κ3) is 6.63. The van der Waals surface area contributed by atoms with Crippen LogP contribution >= 0.6 is 22.9 Å². The molecule has 4 rings (SSSR count). The molecule has 0 radical (unpaired) electrons. The Morgan fingerprint density at radius 1 is 0.912 bits per heavy atom. The second-order valence-corrected chi connectivity index (χ2v) is 8.73. The summed E-state index contributed by atoms with van der Waals surface area (Å²) in [4.78, 5) is 25.6. The van der Waals surface area contributed by atoms with E-state index in [0.717, 1.165) is 11.1 Å². The second kappa shape index (κ2) is 11.4. The van der Waals surface area contributed by atoms with Gasteiger partial charge in [0.1, 0.15) is 16.8 Å². The van der Waals surface area contributed by atoms with Gasteiger partial charge in [-0.3, -0.25) is 14.9 Å². The number of nitrogens with zero attached hydrogens (tertiary/aromatic N) is 2. The van der Waals surface area contributed by atoms with Crippen molar-refractivity contribution in [3.63, 3.8) is 0 Å². The fourth-order valence-electron chi connectivity index (χ4n) is 3.14. The van der Waals surface area contributed by atoms with E-state index in [2.05, 4.69) is 20.8 Å². The number of carbonyl (C=O) groups excluding carboxylic acids is 2. The molecule has 9 heteroatoms. The number of nitrogens with one attached hydrogen (secondary N) is 2. The standard InChI is InChI=1S/C25H21ClN4O3S/c26-19-13-11-18(12-14-19)24-29-30-25(34-24)28-23(32)21(15-17-7-3-1-4-8-17)27-22(31)16-33-20-9-5-2-6-10-20/h1-14,21H,15-16H2,(H,27,31)(H,28,30,32). The van der Waals surface area contributed by atoms with Gasteiger partial charge in [0.25, 0.3) is 5.91 Å². The van der Waals surface area contributed by atoms with Crippen LogP contribution in [0.15, 0.2) is 84.9 Å². The summed E-state index contributed by atoms with van der Waals surface area (Å²) in [5, 5.41) is 15.3. The molecule has 3 aromatic carbocycles. The molecule has 0 aliphatic carbocycles. The van der Waals surface area contributed by atoms with Gasteiger partial charge in [-0.15, -0.1) is 10.2 Å². The van der Waals surface area contributed by atoms with Crippen molar-refractivity contribution < 1.29 is 14.3 Å². The normalized spacial score (nSPS) is 11.4. The molecule has 1 aromatic heterocycles. The molecule has 0 aliphatic rings. The number of anilines is 1. The lowest BCUT2D eigenvalue weighted by molar-refractivity contribution is -0.127. The molecule has 7 nitrogen and oxygen atoms in total. The van der Waals surface area contributed by atoms with E-state index < -0.39 is 17.9 Å². The van der Waals surface area contributed by atoms with Crippen LogP contribution in [0.3, 0.4) is 0 Å². The first-order valence-electron chi connectivity index (χ1n) is 10.5. The van der Waals surface area contributed by atoms with Crippen molar-refractivity contribution in [3.05, 3.63) is 95.5 Å². The minimum Gasteiger partial charge on any atom is -0.484 e. The molecule has 34 heavy (non-hydrogen) atoms. The van der Waals surface area contributed by atoms with Crippen molar-refractivity contribution >= 4 is 39.9 Å². The first-order chi connectivity index (χ1) is 16.6. The summed E-state index contributed by atoms with van der Waals surface area (Å²) in [5.41, 5.74) is 1.75. The quantitative estimate of drug-likeness (QED) is 0.356. The van der Waals surface area contributed by atoms with E-state index in [1.165, 1.54) is 11.3 Å². The van der Waals surface area contributed by atoms with Crippen LogP contribution in [-0.4, -0.2) is 34.7 Å². The highest BCUT2D eigenvalue weighted by molar-refractivity contribution is 7.18. The van der Waals surface area contributed by atoms with Gasteiger partial charge in [0.05, 0.1) is 0 Å². The van der Waals surface area contributed by atoms with Gasteiger partial charge in [0.2, 0.25) is 11.0 Å². The summed E-state index contributed by atoms with van der Waals surface area (Å²) in [6.07, 6.45) is 0.312. The molecule has 172 valence electrons. The Labute approximate surface area is 205 Å². The van der Waals surface area contributed by atoms with Crippen LogP contribution in [-0.2, 0) is 16.0 Å². The molecule has 0 aliphatic heterocycles. The van der Waals surface area contributed by atoms with Gasteiger partial charge in [-0.25, -0.2) is 0 Å². The predicted molar refractivity (Wildman–Crippen MR) is 133 cm³/mol. The van der Waals surface area contributed by atoms with E-state index in [1.54, 1.807) is 24.3 Å². The van der Waals surface area contributed by atoms with Crippen LogP contribution in [0.4, 0.5) is 5.13 Å². The van der Waals surface area contributed by atoms with Gasteiger partial charge in [0.15, 0.2) is 6.61 Å². The molecular formula is C25H21ClN4O3S. The van der Waals surface area contributed by atoms with E-state index in [9.17, 15) is 9.59 Å². The molecule has 1 heterocycles. The summed E-state index contributed by atoms with van der Waals surface area (Å²) >= 11 is 7.18. The molecule has 0 spiro atoms. The maximum absolute atomic E-state index is 13.1. The van der Waals surface area contributed by atoms with Gasteiger partial charge in [0, 0.05) is 17.0 Å². The van der Waals surface area contributed by atoms with Crippen molar-refractivity contribution in [1.29, 1.82) is 0 Å². The zero-order chi connectivity index (χ0) is 23.8. The molecular weight excluding hydrogens is 472 g/mol. The van der Waals surface area contributed by atoms with Gasteiger partial charge in [-0.1, -0.05) is 83.6 Å². The van der Waals surface area contributed by atoms with Crippen LogP contribution in [0, 0.1) is 0 Å². The Balaban J connectivity index is 1.43. The Bertz CT molecular complexity index is 1230. The number of carbonyl (C=O) groups is 2. The zero-order valence-corrected chi connectivity index (χ0v) is 19.6. The average molecular weight is 493 g/mol. The molecule has 0 bridgehead atoms. The Morgan fingerprint density at radius 2 is 1.59 bits per heavy atom. The molecule has 1 atom stereocenters. The van der Waals surface area contributed by atoms with Gasteiger partial charge in [-0.05, 0) is 29.8 Å². The molecule has 0 fully saturated rings. The maximum atomic E-state index is 13.1. The number of amides is 2. The van der Waals surface area contributed by atoms with Crippen molar-refractivity contribution in [1.82, 2.24) is 15.5 Å². The highest BCUT2D eigenvalue weighted by Gasteiger charge is 2.23. The number of benzene rings is 3. The lowest BCUT2D eigenvalue weighted by Gasteiger charge is -2.18. The predicted octanol–water partition coefficient (Wildman–Crippen LogP) is 4.60. The van der Waals surface area contributed by atoms with Crippen molar-refractivity contribution in [2.24, 2.45) is 0 Å². The lowest BCUT2D eigenvalue weighted by Crippen LogP contribution is -2.46. The fraction of sp³-hybridized carbons (Fsp3) is 0.120. The first-order valence-corrected chi connectivity index (χ1v) is 11.7. The summed E-state index contributed by atoms with van der Waals surface area (Å²) in [6.45, 7) is -0.206. The summed E-state index contributed by atoms with van der Waals surface area (Å²) < 4.78 is 5.50. The minimum absolute atomic E-state index is 0.206. The summed E-state index contributed by atoms with van der Waals surface area (Å²) in [7, 11) is 0. The topological polar surface area (TPSA) is 93.2 Å². The van der Waals surface area contributed by atoms with Gasteiger partial charge >= 0.3 is 0 Å². The van der Waals surface area contributed by atoms with Crippen LogP contribution in [0.1, 0.15) is 5.56 Å². The summed E-state index contributed by atoms with van der Waals surface area (Å²) in [5.74, 6) is -0.222. The molecule has 0 saturated carbocycles. The second-order valence-electron chi connectivity index (χ2n) is 7.32. The van der Waals surface area contributed by atoms with E-state index in [1.807, 2.05) is 60.7 Å². The van der Waals surface area contributed by atoms with Crippen LogP contribution in [0.2, 0.25) is 5.02 Å². The van der Waals surface area contributed by atoms with E-state index >= 15 is 0 Å². The zero-order valence-electron chi connectivity index (χ0n) is 18.0. The van der Waals surface area contributed by atoms with Crippen molar-refractivity contribution in [3.8, 4) is 16.3 Å². The monoisotopic (exact) mass is 492 g/mol. The molecule has 2 amide bonds. The number of hydrogen-bond acceptors (Lipinski definition) is 6. The van der Waals surface area contributed by atoms with Gasteiger partial charge in [-0.2, -0.15) is 0 Å². The smallest absolute Gasteiger partial charge is 0.258 e. The van der Waals surface area contributed by atoms with Crippen LogP contribution in [0.25, 0.3) is 10.6 Å². The van der Waals surface area contributed by atoms with E-state index in [4.69, 9.17) is 16.3 Å². The average Bonchev–Trinajstić information content (AvgIpc) is 3.32. The SMILES string of the molecule is O=C(COc1ccccc1)NC(Cc1ccccc1)C(=O)Nc1nnc(-c2ccc(Cl)cc2)s1. The molecule has 0 saturated heterocycles. The third-order valence-electron chi connectivity index (χ3n) is 4.79. The Morgan fingerprint density at radius 3 is 2.29 bits per heavy atom. The Hall–Kier alpha value is -3.75. The van der Waals surface area contributed by atoms with Crippen molar-refractivity contribution in [2.45, 2.75) is 12.5 Å². The van der Waals surface area contributed by atoms with E-state index in [0.29, 0.717) is 27.3 Å². The number of hydrogen-bond donors (Lipinski definition) is 2. The fourth-order valence-corrected chi connectivity index (χ4v) is 4.01. The first kappa shape index (κ1) is 23.4. The van der Waals surface area contributed by atoms with Gasteiger partial charge < -0.3 is 10.1 Å². The molecule has 2 N–H and O–H groups in total. The number of aromatic nitrogens is 2. The third-order valence-corrected chi connectivity index (χ3v) is 5.93. The largest absolute Gasteiger partial charge is 0.484 e. The minimum atomic E-state index is -0.822. The molecule has 1 unspecified atom stereocenters. The summed E-state index contributed by atoms with van der Waals surface area (Å²) in [6, 6.07) is 24.8. The highest BCUT2D eigenvalue weighted by Crippen LogP contribution is 2.27.